The molecule has 2 aromatic rings. The minimum atomic E-state index is -0.693. The van der Waals surface area contributed by atoms with Crippen molar-refractivity contribution in [3.8, 4) is 11.5 Å². The highest BCUT2D eigenvalue weighted by atomic mass is 16.5. The van der Waals surface area contributed by atoms with Gasteiger partial charge in [-0.2, -0.15) is 0 Å². The Morgan fingerprint density at radius 1 is 1.10 bits per heavy atom. The number of nitrogens with two attached hydrogens (primary N) is 1. The number of hydrogen-bond acceptors (Lipinski definition) is 5. The van der Waals surface area contributed by atoms with Gasteiger partial charge in [-0.25, -0.2) is 0 Å². The zero-order chi connectivity index (χ0) is 21.6. The summed E-state index contributed by atoms with van der Waals surface area (Å²) in [6.45, 7) is 11.0. The molecule has 0 aliphatic heterocycles. The molecule has 0 radical (unpaired) electrons. The van der Waals surface area contributed by atoms with Crippen LogP contribution < -0.4 is 15.2 Å². The number of rotatable bonds is 8. The number of methoxy groups -OCH3 is 1. The van der Waals surface area contributed by atoms with Crippen molar-refractivity contribution in [2.24, 2.45) is 5.73 Å². The summed E-state index contributed by atoms with van der Waals surface area (Å²) in [6.07, 6.45) is 0.396. The van der Waals surface area contributed by atoms with Crippen molar-refractivity contribution < 1.29 is 19.0 Å². The van der Waals surface area contributed by atoms with Gasteiger partial charge in [0, 0.05) is 5.56 Å². The third-order valence-corrected chi connectivity index (χ3v) is 4.72. The zero-order valence-electron chi connectivity index (χ0n) is 18.4. The number of carbonyl (C=O) groups is 1. The van der Waals surface area contributed by atoms with E-state index >= 15 is 0 Å². The second kappa shape index (κ2) is 9.79. The van der Waals surface area contributed by atoms with Crippen molar-refractivity contribution in [2.75, 3.05) is 13.7 Å². The lowest BCUT2D eigenvalue weighted by Crippen LogP contribution is -2.34. The van der Waals surface area contributed by atoms with Crippen LogP contribution in [0.2, 0.25) is 0 Å². The van der Waals surface area contributed by atoms with Crippen LogP contribution in [0, 0.1) is 6.92 Å². The predicted molar refractivity (Wildman–Crippen MR) is 116 cm³/mol. The van der Waals surface area contributed by atoms with Crippen molar-refractivity contribution in [3.63, 3.8) is 0 Å². The van der Waals surface area contributed by atoms with E-state index in [2.05, 4.69) is 45.9 Å². The van der Waals surface area contributed by atoms with Crippen LogP contribution in [0.3, 0.4) is 0 Å². The molecule has 2 aromatic carbocycles. The highest BCUT2D eigenvalue weighted by molar-refractivity contribution is 5.75. The minimum absolute atomic E-state index is 0.0264. The fourth-order valence-corrected chi connectivity index (χ4v) is 3.18. The first-order chi connectivity index (χ1) is 13.7. The van der Waals surface area contributed by atoms with Crippen LogP contribution in [0.4, 0.5) is 0 Å². The topological polar surface area (TPSA) is 70.8 Å². The van der Waals surface area contributed by atoms with E-state index < -0.39 is 12.0 Å². The molecule has 0 saturated carbocycles. The van der Waals surface area contributed by atoms with Gasteiger partial charge in [0.1, 0.15) is 24.1 Å². The van der Waals surface area contributed by atoms with Crippen LogP contribution >= 0.6 is 0 Å². The molecule has 0 heterocycles. The molecule has 0 aliphatic carbocycles. The lowest BCUT2D eigenvalue weighted by Gasteiger charge is -2.23. The summed E-state index contributed by atoms with van der Waals surface area (Å²) in [5.74, 6) is 1.22. The number of benzene rings is 2. The number of hydrogen-bond donors (Lipinski definition) is 1. The van der Waals surface area contributed by atoms with E-state index in [1.54, 1.807) is 14.0 Å². The molecule has 0 bridgehead atoms. The molecular weight excluding hydrogens is 366 g/mol. The quantitative estimate of drug-likeness (QED) is 0.670. The summed E-state index contributed by atoms with van der Waals surface area (Å²) in [5.41, 5.74) is 10.1. The molecule has 5 heteroatoms. The van der Waals surface area contributed by atoms with E-state index in [-0.39, 0.29) is 5.41 Å². The second-order valence-corrected chi connectivity index (χ2v) is 8.25. The average molecular weight is 400 g/mol. The lowest BCUT2D eigenvalue weighted by atomic mass is 9.86. The van der Waals surface area contributed by atoms with Gasteiger partial charge in [-0.3, -0.25) is 4.79 Å². The van der Waals surface area contributed by atoms with Crippen molar-refractivity contribution in [1.29, 1.82) is 0 Å². The predicted octanol–water partition coefficient (Wildman–Crippen LogP) is 4.31. The Labute approximate surface area is 174 Å². The van der Waals surface area contributed by atoms with Crippen molar-refractivity contribution in [3.05, 3.63) is 58.7 Å². The Bertz CT molecular complexity index is 839. The van der Waals surface area contributed by atoms with Crippen LogP contribution in [0.15, 0.2) is 36.4 Å². The molecule has 0 amide bonds. The van der Waals surface area contributed by atoms with Gasteiger partial charge in [-0.1, -0.05) is 39.0 Å². The van der Waals surface area contributed by atoms with Gasteiger partial charge in [-0.05, 0) is 60.6 Å². The highest BCUT2D eigenvalue weighted by Gasteiger charge is 2.20. The first kappa shape index (κ1) is 22.8. The number of esters is 1. The fourth-order valence-electron chi connectivity index (χ4n) is 3.18. The molecule has 0 aliphatic rings. The third-order valence-electron chi connectivity index (χ3n) is 4.72. The molecule has 29 heavy (non-hydrogen) atoms. The van der Waals surface area contributed by atoms with E-state index in [9.17, 15) is 4.79 Å². The zero-order valence-corrected chi connectivity index (χ0v) is 18.4. The Kier molecular flexibility index (Phi) is 7.68. The molecule has 0 saturated heterocycles. The van der Waals surface area contributed by atoms with Gasteiger partial charge < -0.3 is 19.9 Å². The first-order valence-corrected chi connectivity index (χ1v) is 9.97. The van der Waals surface area contributed by atoms with Crippen LogP contribution in [0.5, 0.6) is 11.5 Å². The molecule has 2 rings (SSSR count). The molecule has 2 N–H and O–H groups in total. The third kappa shape index (κ3) is 6.23. The van der Waals surface area contributed by atoms with E-state index in [1.807, 2.05) is 18.2 Å². The van der Waals surface area contributed by atoms with Gasteiger partial charge in [0.15, 0.2) is 0 Å². The number of aryl methyl sites for hydroxylation is 1. The number of ether oxygens (including phenoxy) is 3. The average Bonchev–Trinajstić information content (AvgIpc) is 2.65. The molecule has 0 aromatic heterocycles. The molecule has 5 nitrogen and oxygen atoms in total. The van der Waals surface area contributed by atoms with E-state index in [0.29, 0.717) is 19.6 Å². The fraction of sp³-hybridized carbons (Fsp3) is 0.458. The van der Waals surface area contributed by atoms with Gasteiger partial charge in [0.2, 0.25) is 0 Å². The summed E-state index contributed by atoms with van der Waals surface area (Å²) >= 11 is 0. The molecule has 0 fully saturated rings. The molecule has 158 valence electrons. The summed E-state index contributed by atoms with van der Waals surface area (Å²) in [6, 6.07) is 11.4. The van der Waals surface area contributed by atoms with Crippen LogP contribution in [-0.2, 0) is 28.0 Å². The van der Waals surface area contributed by atoms with E-state index in [0.717, 1.165) is 33.8 Å². The van der Waals surface area contributed by atoms with Gasteiger partial charge >= 0.3 is 5.97 Å². The van der Waals surface area contributed by atoms with Crippen molar-refractivity contribution >= 4 is 5.97 Å². The molecule has 1 atom stereocenters. The second-order valence-electron chi connectivity index (χ2n) is 8.25. The smallest absolute Gasteiger partial charge is 0.323 e. The molecule has 0 spiro atoms. The maximum Gasteiger partial charge on any atom is 0.323 e. The van der Waals surface area contributed by atoms with Crippen molar-refractivity contribution in [1.82, 2.24) is 0 Å². The normalized spacial score (nSPS) is 12.4. The SMILES string of the molecule is CCOC(=O)C(N)Cc1ccc(OC)c(COc2cc(C)ccc2C(C)(C)C)c1. The van der Waals surface area contributed by atoms with Crippen LogP contribution in [-0.4, -0.2) is 25.7 Å². The molecule has 1 unspecified atom stereocenters. The van der Waals surface area contributed by atoms with E-state index in [1.165, 1.54) is 0 Å². The Morgan fingerprint density at radius 3 is 2.45 bits per heavy atom. The maximum atomic E-state index is 11.8. The highest BCUT2D eigenvalue weighted by Crippen LogP contribution is 2.33. The van der Waals surface area contributed by atoms with E-state index in [4.69, 9.17) is 19.9 Å². The Hall–Kier alpha value is -2.53. The van der Waals surface area contributed by atoms with Crippen LogP contribution in [0.25, 0.3) is 0 Å². The largest absolute Gasteiger partial charge is 0.496 e. The standard InChI is InChI=1S/C24H33NO4/c1-7-28-23(26)20(25)14-17-9-11-21(27-6)18(13-17)15-29-22-12-16(2)8-10-19(22)24(3,4)5/h8-13,20H,7,14-15,25H2,1-6H3. The monoisotopic (exact) mass is 399 g/mol. The lowest BCUT2D eigenvalue weighted by molar-refractivity contribution is -0.144. The first-order valence-electron chi connectivity index (χ1n) is 9.97. The summed E-state index contributed by atoms with van der Waals surface area (Å²) < 4.78 is 16.7. The molecular formula is C24H33NO4. The number of carbonyl (C=O) groups excluding carboxylic acids is 1. The minimum Gasteiger partial charge on any atom is -0.496 e. The Morgan fingerprint density at radius 2 is 1.83 bits per heavy atom. The summed E-state index contributed by atoms with van der Waals surface area (Å²) in [5, 5.41) is 0. The van der Waals surface area contributed by atoms with Gasteiger partial charge in [0.25, 0.3) is 0 Å². The van der Waals surface area contributed by atoms with Crippen LogP contribution in [0.1, 0.15) is 49.9 Å². The van der Waals surface area contributed by atoms with Gasteiger partial charge in [0.05, 0.1) is 13.7 Å². The van der Waals surface area contributed by atoms with Gasteiger partial charge in [-0.15, -0.1) is 0 Å². The summed E-state index contributed by atoms with van der Waals surface area (Å²) in [4.78, 5) is 11.8. The maximum absolute atomic E-state index is 11.8. The Balaban J connectivity index is 2.22. The van der Waals surface area contributed by atoms with Crippen molar-refractivity contribution in [2.45, 2.75) is 59.1 Å². The summed E-state index contributed by atoms with van der Waals surface area (Å²) in [7, 11) is 1.64.